The molecule has 5 rings (SSSR count). The number of rotatable bonds is 9. The molecule has 0 bridgehead atoms. The first-order chi connectivity index (χ1) is 19.9. The lowest BCUT2D eigenvalue weighted by atomic mass is 10.1. The lowest BCUT2D eigenvalue weighted by molar-refractivity contribution is -0.123. The molecule has 0 radical (unpaired) electrons. The molecule has 1 saturated heterocycles. The Kier molecular flexibility index (Phi) is 8.92. The van der Waals surface area contributed by atoms with E-state index in [0.717, 1.165) is 33.1 Å². The molecule has 2 amide bonds. The van der Waals surface area contributed by atoms with Gasteiger partial charge in [0, 0.05) is 5.56 Å². The highest BCUT2D eigenvalue weighted by atomic mass is 79.9. The van der Waals surface area contributed by atoms with Gasteiger partial charge in [-0.2, -0.15) is 5.01 Å². The van der Waals surface area contributed by atoms with E-state index in [9.17, 15) is 9.59 Å². The molecule has 41 heavy (non-hydrogen) atoms. The van der Waals surface area contributed by atoms with Gasteiger partial charge in [0.2, 0.25) is 0 Å². The molecular weight excluding hydrogens is 624 g/mol. The van der Waals surface area contributed by atoms with Crippen LogP contribution in [0.1, 0.15) is 28.4 Å². The lowest BCUT2D eigenvalue weighted by Gasteiger charge is -2.16. The highest BCUT2D eigenvalue weighted by Crippen LogP contribution is 2.40. The summed E-state index contributed by atoms with van der Waals surface area (Å²) in [7, 11) is 1.55. The Labute approximate surface area is 255 Å². The Morgan fingerprint density at radius 2 is 1.80 bits per heavy atom. The highest BCUT2D eigenvalue weighted by molar-refractivity contribution is 9.10. The number of carbonyl (C=O) groups excluding carboxylic acids is 2. The molecule has 0 unspecified atom stereocenters. The summed E-state index contributed by atoms with van der Waals surface area (Å²) in [5.74, 6) is 0.844. The Morgan fingerprint density at radius 1 is 1.05 bits per heavy atom. The predicted molar refractivity (Wildman–Crippen MR) is 169 cm³/mol. The minimum absolute atomic E-state index is 0.224. The van der Waals surface area contributed by atoms with Crippen LogP contribution in [0.25, 0.3) is 16.8 Å². The van der Waals surface area contributed by atoms with Crippen molar-refractivity contribution in [3.63, 3.8) is 0 Å². The molecule has 7 nitrogen and oxygen atoms in total. The summed E-state index contributed by atoms with van der Waals surface area (Å²) in [5, 5.41) is 3.35. The van der Waals surface area contributed by atoms with E-state index in [-0.39, 0.29) is 4.32 Å². The number of halogens is 1. The van der Waals surface area contributed by atoms with Gasteiger partial charge in [-0.25, -0.2) is 0 Å². The van der Waals surface area contributed by atoms with Gasteiger partial charge >= 0.3 is 0 Å². The largest absolute Gasteiger partial charge is 0.497 e. The number of amides is 2. The molecular formula is C31H25BrN2O5S2. The predicted octanol–water partition coefficient (Wildman–Crippen LogP) is 7.13. The monoisotopic (exact) mass is 648 g/mol. The van der Waals surface area contributed by atoms with Crippen molar-refractivity contribution in [3.05, 3.63) is 105 Å². The smallest absolute Gasteiger partial charge is 0.285 e. The number of methoxy groups -OCH3 is 1. The van der Waals surface area contributed by atoms with Crippen LogP contribution in [0.15, 0.2) is 88.2 Å². The normalized spacial score (nSPS) is 14.0. The van der Waals surface area contributed by atoms with E-state index in [4.69, 9.17) is 26.4 Å². The van der Waals surface area contributed by atoms with Crippen LogP contribution in [0.2, 0.25) is 0 Å². The molecule has 0 atom stereocenters. The average Bonchev–Trinajstić information content (AvgIpc) is 3.24. The van der Waals surface area contributed by atoms with Gasteiger partial charge in [0.05, 0.1) is 23.1 Å². The number of hydrazine groups is 1. The van der Waals surface area contributed by atoms with Crippen molar-refractivity contribution in [1.29, 1.82) is 0 Å². The number of benzene rings is 4. The number of thioether (sulfide) groups is 1. The van der Waals surface area contributed by atoms with Gasteiger partial charge in [0.1, 0.15) is 12.4 Å². The first kappa shape index (κ1) is 28.7. The van der Waals surface area contributed by atoms with Crippen LogP contribution in [0.3, 0.4) is 0 Å². The number of nitrogens with zero attached hydrogens (tertiary/aromatic N) is 1. The van der Waals surface area contributed by atoms with E-state index in [1.54, 1.807) is 37.5 Å². The number of hydrogen-bond acceptors (Lipinski definition) is 7. The van der Waals surface area contributed by atoms with E-state index in [0.29, 0.717) is 51.0 Å². The number of ether oxygens (including phenoxy) is 3. The van der Waals surface area contributed by atoms with Gasteiger partial charge in [-0.05, 0) is 99.4 Å². The lowest BCUT2D eigenvalue weighted by Crippen LogP contribution is -2.44. The molecule has 4 aromatic rings. The molecule has 4 aromatic carbocycles. The molecule has 0 saturated carbocycles. The summed E-state index contributed by atoms with van der Waals surface area (Å²) in [5.41, 5.74) is 4.73. The van der Waals surface area contributed by atoms with E-state index in [2.05, 4.69) is 39.6 Å². The molecule has 0 spiro atoms. The quantitative estimate of drug-likeness (QED) is 0.153. The van der Waals surface area contributed by atoms with E-state index >= 15 is 0 Å². The second-order valence-corrected chi connectivity index (χ2v) is 11.4. The molecule has 10 heteroatoms. The fourth-order valence-corrected chi connectivity index (χ4v) is 6.02. The zero-order chi connectivity index (χ0) is 28.9. The van der Waals surface area contributed by atoms with Crippen LogP contribution >= 0.6 is 39.9 Å². The number of thiocarbonyl (C=S) groups is 1. The summed E-state index contributed by atoms with van der Waals surface area (Å²) in [6, 6.07) is 24.5. The van der Waals surface area contributed by atoms with Crippen LogP contribution in [-0.2, 0) is 11.4 Å². The summed E-state index contributed by atoms with van der Waals surface area (Å²) in [4.78, 5) is 26.2. The van der Waals surface area contributed by atoms with Gasteiger partial charge in [-0.3, -0.25) is 15.0 Å². The number of carbonyl (C=O) groups is 2. The topological polar surface area (TPSA) is 77.1 Å². The summed E-state index contributed by atoms with van der Waals surface area (Å²) < 4.78 is 18.2. The Morgan fingerprint density at radius 3 is 2.56 bits per heavy atom. The Hall–Kier alpha value is -3.86. The maximum absolute atomic E-state index is 13.2. The van der Waals surface area contributed by atoms with Crippen molar-refractivity contribution >= 4 is 72.9 Å². The van der Waals surface area contributed by atoms with Crippen molar-refractivity contribution in [2.24, 2.45) is 0 Å². The molecule has 0 aromatic heterocycles. The van der Waals surface area contributed by atoms with Gasteiger partial charge in [-0.15, -0.1) is 0 Å². The third kappa shape index (κ3) is 6.40. The van der Waals surface area contributed by atoms with Crippen LogP contribution in [0, 0.1) is 0 Å². The zero-order valence-electron chi connectivity index (χ0n) is 22.2. The first-order valence-corrected chi connectivity index (χ1v) is 14.7. The zero-order valence-corrected chi connectivity index (χ0v) is 25.4. The molecule has 1 aliphatic rings. The van der Waals surface area contributed by atoms with E-state index in [1.807, 2.05) is 43.3 Å². The second-order valence-electron chi connectivity index (χ2n) is 8.88. The van der Waals surface area contributed by atoms with Gasteiger partial charge in [0.15, 0.2) is 15.8 Å². The maximum Gasteiger partial charge on any atom is 0.285 e. The summed E-state index contributed by atoms with van der Waals surface area (Å²) >= 11 is 10.1. The van der Waals surface area contributed by atoms with Crippen LogP contribution in [0.4, 0.5) is 0 Å². The molecule has 1 fully saturated rings. The molecule has 0 aliphatic carbocycles. The second kappa shape index (κ2) is 12.8. The fourth-order valence-electron chi connectivity index (χ4n) is 4.27. The molecule has 208 valence electrons. The van der Waals surface area contributed by atoms with Crippen molar-refractivity contribution in [1.82, 2.24) is 10.4 Å². The van der Waals surface area contributed by atoms with Crippen LogP contribution in [-0.4, -0.2) is 34.9 Å². The van der Waals surface area contributed by atoms with Crippen molar-refractivity contribution in [3.8, 4) is 17.2 Å². The first-order valence-electron chi connectivity index (χ1n) is 12.7. The minimum Gasteiger partial charge on any atom is -0.497 e. The van der Waals surface area contributed by atoms with Crippen molar-refractivity contribution < 1.29 is 23.8 Å². The van der Waals surface area contributed by atoms with E-state index < -0.39 is 11.8 Å². The molecule has 1 aliphatic heterocycles. The minimum atomic E-state index is -0.459. The highest BCUT2D eigenvalue weighted by Gasteiger charge is 2.34. The van der Waals surface area contributed by atoms with Gasteiger partial charge < -0.3 is 14.2 Å². The van der Waals surface area contributed by atoms with E-state index in [1.165, 1.54) is 0 Å². The maximum atomic E-state index is 13.2. The number of hydrogen-bond donors (Lipinski definition) is 1. The van der Waals surface area contributed by atoms with Gasteiger partial charge in [0.25, 0.3) is 11.8 Å². The summed E-state index contributed by atoms with van der Waals surface area (Å²) in [6.07, 6.45) is 1.71. The number of fused-ring (bicyclic) bond motifs is 1. The SMILES string of the molecule is CCOc1cc(/C=C2/SC(=S)N(NC(=O)c3ccc(OC)cc3)C2=O)cc(Br)c1OCc1cccc2ccccc12. The molecule has 1 N–H and O–H groups in total. The summed E-state index contributed by atoms with van der Waals surface area (Å²) in [6.45, 7) is 2.68. The van der Waals surface area contributed by atoms with Crippen LogP contribution < -0.4 is 19.6 Å². The van der Waals surface area contributed by atoms with Crippen molar-refractivity contribution in [2.45, 2.75) is 13.5 Å². The number of nitrogens with one attached hydrogen (secondary N) is 1. The standard InChI is InChI=1S/C31H25BrN2O5S2/c1-3-38-26-16-19(15-25(32)28(26)39-18-22-9-6-8-20-7-4-5-10-24(20)22)17-27-30(36)34(31(40)41-27)33-29(35)21-11-13-23(37-2)14-12-21/h4-17H,3,18H2,1-2H3,(H,33,35)/b27-17+. The molecule has 1 heterocycles. The van der Waals surface area contributed by atoms with Crippen molar-refractivity contribution in [2.75, 3.05) is 13.7 Å². The fraction of sp³-hybridized carbons (Fsp3) is 0.129. The third-order valence-electron chi connectivity index (χ3n) is 6.24. The Bertz CT molecular complexity index is 1670. The Balaban J connectivity index is 1.34. The third-order valence-corrected chi connectivity index (χ3v) is 8.13. The van der Waals surface area contributed by atoms with Gasteiger partial charge in [-0.1, -0.05) is 54.2 Å². The average molecular weight is 650 g/mol. The van der Waals surface area contributed by atoms with Crippen LogP contribution in [0.5, 0.6) is 17.2 Å².